The van der Waals surface area contributed by atoms with Crippen LogP contribution in [-0.2, 0) is 6.54 Å². The molecule has 1 aromatic heterocycles. The number of hydrogen-bond donors (Lipinski definition) is 1. The van der Waals surface area contributed by atoms with Gasteiger partial charge in [-0.3, -0.25) is 9.56 Å². The molecule has 0 spiro atoms. The summed E-state index contributed by atoms with van der Waals surface area (Å²) in [7, 11) is 0. The van der Waals surface area contributed by atoms with E-state index in [1.165, 1.54) is 11.1 Å². The van der Waals surface area contributed by atoms with E-state index in [9.17, 15) is 0 Å². The lowest BCUT2D eigenvalue weighted by molar-refractivity contribution is 0.778. The third kappa shape index (κ3) is 7.04. The highest BCUT2D eigenvalue weighted by Gasteiger charge is 2.20. The molecule has 0 saturated carbocycles. The molecule has 0 bridgehead atoms. The number of imidazole rings is 1. The van der Waals surface area contributed by atoms with Crippen molar-refractivity contribution in [3.05, 3.63) is 204 Å². The molecule has 0 amide bonds. The molecular formula is C49H43N5. The van der Waals surface area contributed by atoms with Crippen LogP contribution in [0.4, 0.5) is 22.7 Å². The first-order chi connectivity index (χ1) is 26.6. The zero-order valence-electron chi connectivity index (χ0n) is 30.7. The molecule has 0 fully saturated rings. The smallest absolute Gasteiger partial charge is 0.145 e. The lowest BCUT2D eigenvalue weighted by Crippen LogP contribution is -2.18. The van der Waals surface area contributed by atoms with Gasteiger partial charge in [0.1, 0.15) is 5.82 Å². The predicted octanol–water partition coefficient (Wildman–Crippen LogP) is 12.3. The van der Waals surface area contributed by atoms with Crippen molar-refractivity contribution in [3.8, 4) is 17.1 Å². The molecule has 8 aromatic rings. The second kappa shape index (κ2) is 15.5. The van der Waals surface area contributed by atoms with Crippen LogP contribution in [0.15, 0.2) is 187 Å². The molecule has 264 valence electrons. The van der Waals surface area contributed by atoms with Crippen molar-refractivity contribution in [3.63, 3.8) is 0 Å². The van der Waals surface area contributed by atoms with Crippen LogP contribution < -0.4 is 10.6 Å². The molecule has 1 unspecified atom stereocenters. The first-order valence-electron chi connectivity index (χ1n) is 18.6. The van der Waals surface area contributed by atoms with Crippen molar-refractivity contribution in [2.45, 2.75) is 32.7 Å². The minimum absolute atomic E-state index is 0.238. The topological polar surface area (TPSA) is 59.4 Å². The summed E-state index contributed by atoms with van der Waals surface area (Å²) in [6, 6.07) is 63.4. The number of aromatic nitrogens is 2. The van der Waals surface area contributed by atoms with Crippen LogP contribution in [0.5, 0.6) is 0 Å². The van der Waals surface area contributed by atoms with Gasteiger partial charge in [0.15, 0.2) is 0 Å². The molecule has 0 radical (unpaired) electrons. The van der Waals surface area contributed by atoms with Crippen LogP contribution in [0.25, 0.3) is 28.1 Å². The van der Waals surface area contributed by atoms with Gasteiger partial charge in [-0.2, -0.15) is 0 Å². The summed E-state index contributed by atoms with van der Waals surface area (Å²) in [5, 5.41) is 0. The van der Waals surface area contributed by atoms with Gasteiger partial charge in [0.2, 0.25) is 0 Å². The molecule has 0 aliphatic rings. The fourth-order valence-corrected chi connectivity index (χ4v) is 7.47. The van der Waals surface area contributed by atoms with Gasteiger partial charge >= 0.3 is 0 Å². The summed E-state index contributed by atoms with van der Waals surface area (Å²) >= 11 is 0. The Balaban J connectivity index is 1.31. The lowest BCUT2D eigenvalue weighted by Gasteiger charge is -2.27. The number of rotatable bonds is 11. The third-order valence-electron chi connectivity index (χ3n) is 10.1. The number of para-hydroxylation sites is 7. The van der Waals surface area contributed by atoms with Crippen molar-refractivity contribution in [1.82, 2.24) is 9.55 Å². The Kier molecular flexibility index (Phi) is 9.86. The Morgan fingerprint density at radius 3 is 2.11 bits per heavy atom. The highest BCUT2D eigenvalue weighted by molar-refractivity contribution is 6.01. The Hall–Kier alpha value is -6.72. The molecule has 8 rings (SSSR count). The molecule has 2 N–H and O–H groups in total. The maximum atomic E-state index is 6.64. The molecular weight excluding hydrogens is 659 g/mol. The van der Waals surface area contributed by atoms with E-state index in [4.69, 9.17) is 15.7 Å². The molecule has 5 nitrogen and oxygen atoms in total. The summed E-state index contributed by atoms with van der Waals surface area (Å²) in [4.78, 5) is 12.9. The third-order valence-corrected chi connectivity index (χ3v) is 10.1. The number of nitrogens with zero attached hydrogens (tertiary/aromatic N) is 4. The van der Waals surface area contributed by atoms with Crippen molar-refractivity contribution >= 4 is 39.5 Å². The summed E-state index contributed by atoms with van der Waals surface area (Å²) in [5.41, 5.74) is 20.0. The summed E-state index contributed by atoms with van der Waals surface area (Å²) in [5.74, 6) is 1.11. The molecule has 1 atom stereocenters. The maximum Gasteiger partial charge on any atom is 0.145 e. The molecule has 7 aromatic carbocycles. The quantitative estimate of drug-likeness (QED) is 0.108. The number of aliphatic imine (C=N–C) groups is 1. The van der Waals surface area contributed by atoms with E-state index in [1.807, 2.05) is 36.4 Å². The molecule has 0 aliphatic carbocycles. The zero-order chi connectivity index (χ0) is 36.9. The van der Waals surface area contributed by atoms with E-state index in [0.29, 0.717) is 6.54 Å². The second-order valence-electron chi connectivity index (χ2n) is 13.6. The van der Waals surface area contributed by atoms with E-state index < -0.39 is 0 Å². The number of nitrogens with two attached hydrogens (primary N) is 1. The largest absolute Gasteiger partial charge is 0.397 e. The van der Waals surface area contributed by atoms with Crippen molar-refractivity contribution in [2.24, 2.45) is 4.99 Å². The van der Waals surface area contributed by atoms with Crippen LogP contribution >= 0.6 is 0 Å². The van der Waals surface area contributed by atoms with E-state index in [0.717, 1.165) is 74.1 Å². The molecule has 1 heterocycles. The van der Waals surface area contributed by atoms with E-state index in [-0.39, 0.29) is 5.92 Å². The summed E-state index contributed by atoms with van der Waals surface area (Å²) in [6.45, 7) is 4.95. The van der Waals surface area contributed by atoms with E-state index in [1.54, 1.807) is 0 Å². The molecule has 54 heavy (non-hydrogen) atoms. The minimum Gasteiger partial charge on any atom is -0.397 e. The van der Waals surface area contributed by atoms with Gasteiger partial charge in [0, 0.05) is 35.1 Å². The normalized spacial score (nSPS) is 12.1. The van der Waals surface area contributed by atoms with Crippen molar-refractivity contribution in [2.75, 3.05) is 10.6 Å². The van der Waals surface area contributed by atoms with Crippen LogP contribution in [0.2, 0.25) is 0 Å². The number of benzene rings is 7. The van der Waals surface area contributed by atoms with Crippen LogP contribution in [-0.4, -0.2) is 15.3 Å². The number of fused-ring (bicyclic) bond motifs is 1. The van der Waals surface area contributed by atoms with Gasteiger partial charge in [0.25, 0.3) is 0 Å². The minimum atomic E-state index is 0.238. The average molecular weight is 702 g/mol. The molecule has 0 saturated heterocycles. The van der Waals surface area contributed by atoms with Gasteiger partial charge < -0.3 is 10.6 Å². The molecule has 0 aliphatic heterocycles. The Morgan fingerprint density at radius 1 is 0.704 bits per heavy atom. The maximum absolute atomic E-state index is 6.64. The van der Waals surface area contributed by atoms with E-state index >= 15 is 0 Å². The number of anilines is 3. The highest BCUT2D eigenvalue weighted by atomic mass is 15.1. The predicted molar refractivity (Wildman–Crippen MR) is 227 cm³/mol. The molecule has 5 heteroatoms. The number of hydrogen-bond acceptors (Lipinski definition) is 4. The zero-order valence-corrected chi connectivity index (χ0v) is 30.7. The van der Waals surface area contributed by atoms with Crippen LogP contribution in [0.3, 0.4) is 0 Å². The van der Waals surface area contributed by atoms with Crippen molar-refractivity contribution in [1.29, 1.82) is 0 Å². The van der Waals surface area contributed by atoms with Crippen molar-refractivity contribution < 1.29 is 0 Å². The summed E-state index contributed by atoms with van der Waals surface area (Å²) < 4.78 is 2.26. The van der Waals surface area contributed by atoms with Gasteiger partial charge in [-0.05, 0) is 108 Å². The standard InChI is InChI=1S/C49H43N5/c1-3-42(37-19-7-4-8-20-37)43-25-13-15-27-45(43)51-35(2)38-31-36(34-53(40-21-9-5-10-22-40)47-29-17-14-26-44(47)50)32-39(33-38)49-52-46-28-16-18-30-48(46)54(49)41-23-11-6-12-24-41/h4-33,42H,3,34,50H2,1-2H3. The van der Waals surface area contributed by atoms with Gasteiger partial charge in [-0.15, -0.1) is 0 Å². The first kappa shape index (κ1) is 34.4. The van der Waals surface area contributed by atoms with Crippen LogP contribution in [0, 0.1) is 0 Å². The SMILES string of the molecule is CCC(c1ccccc1)c1ccccc1N=C(C)c1cc(CN(c2ccccc2)c2ccccc2N)cc(-c2nc3ccccc3n2-c2ccccc2)c1. The fourth-order valence-electron chi connectivity index (χ4n) is 7.47. The van der Waals surface area contributed by atoms with Gasteiger partial charge in [-0.25, -0.2) is 4.98 Å². The van der Waals surface area contributed by atoms with Gasteiger partial charge in [-0.1, -0.05) is 116 Å². The Morgan fingerprint density at radius 2 is 1.35 bits per heavy atom. The average Bonchev–Trinajstić information content (AvgIpc) is 3.62. The summed E-state index contributed by atoms with van der Waals surface area (Å²) in [6.07, 6.45) is 0.975. The Labute approximate surface area is 317 Å². The lowest BCUT2D eigenvalue weighted by atomic mass is 9.88. The number of nitrogen functional groups attached to an aromatic ring is 1. The first-order valence-corrected chi connectivity index (χ1v) is 18.6. The highest BCUT2D eigenvalue weighted by Crippen LogP contribution is 2.37. The van der Waals surface area contributed by atoms with E-state index in [2.05, 4.69) is 169 Å². The monoisotopic (exact) mass is 701 g/mol. The Bertz CT molecular complexity index is 2540. The van der Waals surface area contributed by atoms with Crippen LogP contribution in [0.1, 0.15) is 48.4 Å². The second-order valence-corrected chi connectivity index (χ2v) is 13.6. The van der Waals surface area contributed by atoms with Gasteiger partial charge in [0.05, 0.1) is 28.1 Å². The fraction of sp³-hybridized carbons (Fsp3) is 0.102.